The van der Waals surface area contributed by atoms with Crippen LogP contribution in [0.5, 0.6) is 5.75 Å². The Labute approximate surface area is 133 Å². The Bertz CT molecular complexity index is 736. The van der Waals surface area contributed by atoms with Gasteiger partial charge in [-0.15, -0.1) is 0 Å². The average molecular weight is 315 g/mol. The number of aryl methyl sites for hydroxylation is 2. The fourth-order valence-corrected chi connectivity index (χ4v) is 2.72. The van der Waals surface area contributed by atoms with Gasteiger partial charge in [0.05, 0.1) is 6.04 Å². The number of ether oxygens (including phenoxy) is 1. The summed E-state index contributed by atoms with van der Waals surface area (Å²) in [6.07, 6.45) is 2.34. The molecule has 3 rings (SSSR count). The van der Waals surface area contributed by atoms with E-state index in [-0.39, 0.29) is 23.9 Å². The summed E-state index contributed by atoms with van der Waals surface area (Å²) in [4.78, 5) is 20.5. The van der Waals surface area contributed by atoms with Crippen LogP contribution in [0, 0.1) is 12.7 Å². The third-order valence-electron chi connectivity index (χ3n) is 3.85. The van der Waals surface area contributed by atoms with Gasteiger partial charge in [0.1, 0.15) is 23.5 Å². The molecular formula is C17H18FN3O2. The zero-order valence-electron chi connectivity index (χ0n) is 13.0. The van der Waals surface area contributed by atoms with Crippen molar-refractivity contribution in [2.45, 2.75) is 38.8 Å². The maximum absolute atomic E-state index is 13.2. The van der Waals surface area contributed by atoms with Gasteiger partial charge in [0, 0.05) is 29.9 Å². The number of carbonyl (C=O) groups excluding carboxylic acids is 1. The Morgan fingerprint density at radius 1 is 1.39 bits per heavy atom. The summed E-state index contributed by atoms with van der Waals surface area (Å²) in [5.74, 6) is 0.756. The van der Waals surface area contributed by atoms with E-state index in [1.807, 2.05) is 13.8 Å². The predicted molar refractivity (Wildman–Crippen MR) is 82.5 cm³/mol. The summed E-state index contributed by atoms with van der Waals surface area (Å²) in [5, 5.41) is 2.96. The summed E-state index contributed by atoms with van der Waals surface area (Å²) < 4.78 is 18.8. The highest BCUT2D eigenvalue weighted by Crippen LogP contribution is 2.36. The van der Waals surface area contributed by atoms with Crippen molar-refractivity contribution in [3.63, 3.8) is 0 Å². The molecule has 0 aliphatic carbocycles. The van der Waals surface area contributed by atoms with Gasteiger partial charge in [-0.25, -0.2) is 14.4 Å². The fraction of sp³-hybridized carbons (Fsp3) is 0.353. The van der Waals surface area contributed by atoms with Crippen molar-refractivity contribution in [3.05, 3.63) is 53.4 Å². The van der Waals surface area contributed by atoms with Gasteiger partial charge in [0.2, 0.25) is 5.91 Å². The molecule has 0 spiro atoms. The molecule has 1 aliphatic rings. The number of carbonyl (C=O) groups is 1. The fourth-order valence-electron chi connectivity index (χ4n) is 2.72. The van der Waals surface area contributed by atoms with Crippen molar-refractivity contribution >= 4 is 5.91 Å². The number of fused-ring (bicyclic) bond motifs is 1. The van der Waals surface area contributed by atoms with Crippen molar-refractivity contribution < 1.29 is 13.9 Å². The molecule has 120 valence electrons. The molecular weight excluding hydrogens is 297 g/mol. The monoisotopic (exact) mass is 315 g/mol. The molecule has 2 atom stereocenters. The molecule has 1 aromatic carbocycles. The zero-order valence-corrected chi connectivity index (χ0v) is 13.0. The van der Waals surface area contributed by atoms with E-state index >= 15 is 0 Å². The van der Waals surface area contributed by atoms with E-state index in [4.69, 9.17) is 4.74 Å². The molecule has 2 aromatic rings. The van der Waals surface area contributed by atoms with Crippen LogP contribution < -0.4 is 10.1 Å². The van der Waals surface area contributed by atoms with E-state index in [1.54, 1.807) is 18.3 Å². The Kier molecular flexibility index (Phi) is 4.23. The summed E-state index contributed by atoms with van der Waals surface area (Å²) in [6, 6.07) is 5.93. The number of hydrogen-bond acceptors (Lipinski definition) is 4. The van der Waals surface area contributed by atoms with Gasteiger partial charge in [0.15, 0.2) is 0 Å². The minimum Gasteiger partial charge on any atom is -0.488 e. The lowest BCUT2D eigenvalue weighted by atomic mass is 10.0. The first kappa shape index (κ1) is 15.4. The first-order chi connectivity index (χ1) is 11.0. The van der Waals surface area contributed by atoms with Crippen molar-refractivity contribution in [2.75, 3.05) is 0 Å². The highest BCUT2D eigenvalue weighted by molar-refractivity contribution is 5.77. The summed E-state index contributed by atoms with van der Waals surface area (Å²) in [5.41, 5.74) is 1.65. The van der Waals surface area contributed by atoms with E-state index in [9.17, 15) is 9.18 Å². The van der Waals surface area contributed by atoms with Crippen LogP contribution in [0.3, 0.4) is 0 Å². The number of benzene rings is 1. The Morgan fingerprint density at radius 2 is 2.22 bits per heavy atom. The molecule has 23 heavy (non-hydrogen) atoms. The number of nitrogens with zero attached hydrogens (tertiary/aromatic N) is 2. The number of amides is 1. The van der Waals surface area contributed by atoms with E-state index in [0.717, 1.165) is 11.3 Å². The van der Waals surface area contributed by atoms with Gasteiger partial charge in [-0.2, -0.15) is 0 Å². The second kappa shape index (κ2) is 6.32. The van der Waals surface area contributed by atoms with E-state index < -0.39 is 0 Å². The smallest absolute Gasteiger partial charge is 0.221 e. The van der Waals surface area contributed by atoms with Gasteiger partial charge in [-0.3, -0.25) is 4.79 Å². The summed E-state index contributed by atoms with van der Waals surface area (Å²) in [6.45, 7) is 3.67. The maximum atomic E-state index is 13.2. The molecule has 0 fully saturated rings. The van der Waals surface area contributed by atoms with Crippen LogP contribution in [0.4, 0.5) is 4.39 Å². The minimum atomic E-state index is -0.345. The molecule has 0 radical (unpaired) electrons. The van der Waals surface area contributed by atoms with Crippen LogP contribution in [0.25, 0.3) is 0 Å². The lowest BCUT2D eigenvalue weighted by Crippen LogP contribution is -2.34. The third kappa shape index (κ3) is 3.47. The lowest BCUT2D eigenvalue weighted by molar-refractivity contribution is -0.122. The number of aromatic nitrogens is 2. The standard InChI is InChI=1S/C17H18FN3O2/c1-10-17(14-5-3-12(18)9-15(14)23-10)21-16(22)6-4-13-7-8-19-11(2)20-13/h3,5,7-10,17H,4,6H2,1-2H3,(H,21,22)/t10-,17-/m0/s1. The van der Waals surface area contributed by atoms with Crippen LogP contribution in [0.1, 0.15) is 36.5 Å². The predicted octanol–water partition coefficient (Wildman–Crippen LogP) is 2.50. The number of halogens is 1. The van der Waals surface area contributed by atoms with E-state index in [1.165, 1.54) is 12.1 Å². The molecule has 5 nitrogen and oxygen atoms in total. The van der Waals surface area contributed by atoms with E-state index in [0.29, 0.717) is 24.4 Å². The second-order valence-corrected chi connectivity index (χ2v) is 5.65. The topological polar surface area (TPSA) is 64.1 Å². The zero-order chi connectivity index (χ0) is 16.4. The van der Waals surface area contributed by atoms with Gasteiger partial charge < -0.3 is 10.1 Å². The number of rotatable bonds is 4. The van der Waals surface area contributed by atoms with Crippen LogP contribution in [-0.4, -0.2) is 22.0 Å². The Balaban J connectivity index is 1.62. The normalized spacial score (nSPS) is 19.1. The lowest BCUT2D eigenvalue weighted by Gasteiger charge is -2.16. The number of nitrogens with one attached hydrogen (secondary N) is 1. The molecule has 2 heterocycles. The number of hydrogen-bond donors (Lipinski definition) is 1. The molecule has 0 saturated carbocycles. The van der Waals surface area contributed by atoms with Gasteiger partial charge in [-0.1, -0.05) is 6.07 Å². The molecule has 0 bridgehead atoms. The molecule has 1 amide bonds. The molecule has 0 saturated heterocycles. The van der Waals surface area contributed by atoms with Crippen LogP contribution in [0.15, 0.2) is 30.5 Å². The summed E-state index contributed by atoms with van der Waals surface area (Å²) in [7, 11) is 0. The van der Waals surface area contributed by atoms with Crippen LogP contribution in [0.2, 0.25) is 0 Å². The molecule has 1 aliphatic heterocycles. The van der Waals surface area contributed by atoms with Crippen molar-refractivity contribution in [1.29, 1.82) is 0 Å². The van der Waals surface area contributed by atoms with Crippen LogP contribution >= 0.6 is 0 Å². The first-order valence-electron chi connectivity index (χ1n) is 7.57. The van der Waals surface area contributed by atoms with E-state index in [2.05, 4.69) is 15.3 Å². The Hall–Kier alpha value is -2.50. The van der Waals surface area contributed by atoms with Crippen LogP contribution in [-0.2, 0) is 11.2 Å². The largest absolute Gasteiger partial charge is 0.488 e. The van der Waals surface area contributed by atoms with Gasteiger partial charge in [0.25, 0.3) is 0 Å². The quantitative estimate of drug-likeness (QED) is 0.941. The highest BCUT2D eigenvalue weighted by atomic mass is 19.1. The molecule has 0 unspecified atom stereocenters. The third-order valence-corrected chi connectivity index (χ3v) is 3.85. The van der Waals surface area contributed by atoms with Crippen molar-refractivity contribution in [2.24, 2.45) is 0 Å². The molecule has 1 N–H and O–H groups in total. The van der Waals surface area contributed by atoms with Crippen molar-refractivity contribution in [3.8, 4) is 5.75 Å². The molecule has 1 aromatic heterocycles. The minimum absolute atomic E-state index is 0.0844. The Morgan fingerprint density at radius 3 is 3.00 bits per heavy atom. The SMILES string of the molecule is Cc1nccc(CCC(=O)N[C@@H]2c3ccc(F)cc3O[C@H]2C)n1. The van der Waals surface area contributed by atoms with Gasteiger partial charge >= 0.3 is 0 Å². The van der Waals surface area contributed by atoms with Gasteiger partial charge in [-0.05, 0) is 32.4 Å². The summed E-state index contributed by atoms with van der Waals surface area (Å²) >= 11 is 0. The average Bonchev–Trinajstić information content (AvgIpc) is 2.80. The van der Waals surface area contributed by atoms with Crippen molar-refractivity contribution in [1.82, 2.24) is 15.3 Å². The maximum Gasteiger partial charge on any atom is 0.221 e. The first-order valence-corrected chi connectivity index (χ1v) is 7.57. The highest BCUT2D eigenvalue weighted by Gasteiger charge is 2.32. The second-order valence-electron chi connectivity index (χ2n) is 5.65. The molecule has 6 heteroatoms.